The van der Waals surface area contributed by atoms with Gasteiger partial charge in [-0.25, -0.2) is 4.79 Å². The van der Waals surface area contributed by atoms with Crippen LogP contribution in [0.25, 0.3) is 0 Å². The van der Waals surface area contributed by atoms with Gasteiger partial charge in [0.05, 0.1) is 12.0 Å². The van der Waals surface area contributed by atoms with Gasteiger partial charge in [-0.2, -0.15) is 11.8 Å². The van der Waals surface area contributed by atoms with Crippen LogP contribution in [-0.2, 0) is 14.4 Å². The topological polar surface area (TPSA) is 86.7 Å². The Morgan fingerprint density at radius 2 is 2.18 bits per heavy atom. The molecule has 120 valence electrons. The highest BCUT2D eigenvalue weighted by atomic mass is 32.2. The Hall–Kier alpha value is -1.41. The van der Waals surface area contributed by atoms with Crippen LogP contribution in [0.5, 0.6) is 0 Å². The number of amides is 2. The van der Waals surface area contributed by atoms with Crippen molar-refractivity contribution in [2.75, 3.05) is 6.26 Å². The molecule has 2 amide bonds. The lowest BCUT2D eigenvalue weighted by Gasteiger charge is -2.45. The number of β-lactam (4-membered cyclic amide) rings is 1. The molecule has 2 N–H and O–H groups in total. The molecule has 22 heavy (non-hydrogen) atoms. The first-order chi connectivity index (χ1) is 10.4. The van der Waals surface area contributed by atoms with E-state index >= 15 is 0 Å². The molecule has 8 heteroatoms. The Balaban J connectivity index is 2.13. The minimum absolute atomic E-state index is 0.0577. The largest absolute Gasteiger partial charge is 0.477 e. The fourth-order valence-corrected chi connectivity index (χ4v) is 4.19. The highest BCUT2D eigenvalue weighted by molar-refractivity contribution is 8.05. The van der Waals surface area contributed by atoms with E-state index in [2.05, 4.69) is 5.32 Å². The van der Waals surface area contributed by atoms with E-state index in [4.69, 9.17) is 0 Å². The van der Waals surface area contributed by atoms with Gasteiger partial charge in [-0.3, -0.25) is 9.59 Å². The van der Waals surface area contributed by atoms with Crippen LogP contribution < -0.4 is 5.32 Å². The van der Waals surface area contributed by atoms with Gasteiger partial charge in [-0.15, -0.1) is 0 Å². The van der Waals surface area contributed by atoms with Gasteiger partial charge in [-0.05, 0) is 11.7 Å². The molecule has 0 saturated carbocycles. The third kappa shape index (κ3) is 3.03. The number of hydrogen-bond donors (Lipinski definition) is 2. The number of hydrogen-bond acceptors (Lipinski definition) is 5. The highest BCUT2D eigenvalue weighted by Gasteiger charge is 2.56. The lowest BCUT2D eigenvalue weighted by atomic mass is 9.85. The molecular formula is C14H18N2O4S2. The first kappa shape index (κ1) is 17.0. The second-order valence-corrected chi connectivity index (χ2v) is 7.36. The Bertz CT molecular complexity index is 573. The molecule has 0 spiro atoms. The average Bonchev–Trinajstić information content (AvgIpc) is 2.78. The monoisotopic (exact) mass is 342 g/mol. The van der Waals surface area contributed by atoms with E-state index in [1.807, 2.05) is 13.2 Å². The summed E-state index contributed by atoms with van der Waals surface area (Å²) < 4.78 is 0. The molecule has 0 radical (unpaired) electrons. The van der Waals surface area contributed by atoms with Gasteiger partial charge >= 0.3 is 5.97 Å². The van der Waals surface area contributed by atoms with Crippen molar-refractivity contribution in [2.45, 2.75) is 31.6 Å². The summed E-state index contributed by atoms with van der Waals surface area (Å²) in [6.07, 6.45) is 3.98. The number of carbonyl (C=O) groups excluding carboxylic acids is 2. The summed E-state index contributed by atoms with van der Waals surface area (Å²) in [5.41, 5.74) is 0.0806. The lowest BCUT2D eigenvalue weighted by Crippen LogP contribution is -2.61. The zero-order valence-electron chi connectivity index (χ0n) is 12.5. The Kier molecular flexibility index (Phi) is 5.23. The van der Waals surface area contributed by atoms with E-state index < -0.39 is 5.97 Å². The van der Waals surface area contributed by atoms with Crippen LogP contribution in [-0.4, -0.2) is 45.3 Å². The summed E-state index contributed by atoms with van der Waals surface area (Å²) in [6.45, 7) is 3.39. The van der Waals surface area contributed by atoms with Crippen LogP contribution in [0.1, 0.15) is 20.3 Å². The van der Waals surface area contributed by atoms with Gasteiger partial charge in [0.15, 0.2) is 0 Å². The minimum atomic E-state index is -1.08. The van der Waals surface area contributed by atoms with Crippen molar-refractivity contribution in [1.82, 2.24) is 10.2 Å². The Labute approximate surface area is 137 Å². The maximum Gasteiger partial charge on any atom is 0.353 e. The van der Waals surface area contributed by atoms with Gasteiger partial charge in [0.25, 0.3) is 0 Å². The van der Waals surface area contributed by atoms with Crippen molar-refractivity contribution in [1.29, 1.82) is 0 Å². The number of rotatable bonds is 6. The standard InChI is InChI=1S/C14H18N2O4S2/c1-7(21-3)11-9-6-10(22-5-4-15-8(2)17)12(14(19)20)16(9)13(11)18/h4-5,7,9,11H,6H2,1-3H3,(H,15,17)(H,19,20)/b5-4+/t7?,9-,11-/m1/s1. The molecule has 2 aliphatic rings. The molecule has 0 aromatic carbocycles. The molecule has 2 aliphatic heterocycles. The quantitative estimate of drug-likeness (QED) is 0.713. The van der Waals surface area contributed by atoms with Crippen LogP contribution in [0.15, 0.2) is 22.2 Å². The van der Waals surface area contributed by atoms with Gasteiger partial charge in [0, 0.05) is 29.7 Å². The van der Waals surface area contributed by atoms with Gasteiger partial charge in [0.1, 0.15) is 5.70 Å². The van der Waals surface area contributed by atoms with E-state index in [1.165, 1.54) is 29.8 Å². The number of aliphatic carboxylic acids is 1. The molecule has 0 bridgehead atoms. The number of carboxylic acid groups (broad SMARTS) is 1. The molecule has 1 saturated heterocycles. The SMILES string of the molecule is CSC(C)[C@H]1C(=O)N2C(C(=O)O)=C(S/C=C/NC(C)=O)C[C@H]12. The number of carbonyl (C=O) groups is 3. The van der Waals surface area contributed by atoms with E-state index in [0.29, 0.717) is 11.3 Å². The second kappa shape index (κ2) is 6.78. The maximum absolute atomic E-state index is 12.3. The normalized spacial score (nSPS) is 25.2. The van der Waals surface area contributed by atoms with Gasteiger partial charge in [0.2, 0.25) is 11.8 Å². The number of nitrogens with zero attached hydrogens (tertiary/aromatic N) is 1. The summed E-state index contributed by atoms with van der Waals surface area (Å²) in [5, 5.41) is 13.7. The Morgan fingerprint density at radius 3 is 2.73 bits per heavy atom. The van der Waals surface area contributed by atoms with Crippen LogP contribution in [0.2, 0.25) is 0 Å². The van der Waals surface area contributed by atoms with Gasteiger partial charge in [-0.1, -0.05) is 18.7 Å². The predicted octanol–water partition coefficient (Wildman–Crippen LogP) is 1.61. The summed E-state index contributed by atoms with van der Waals surface area (Å²) in [7, 11) is 0. The van der Waals surface area contributed by atoms with Crippen molar-refractivity contribution >= 4 is 41.3 Å². The molecular weight excluding hydrogens is 324 g/mol. The number of carboxylic acids is 1. The third-order valence-electron chi connectivity index (χ3n) is 3.81. The zero-order chi connectivity index (χ0) is 16.4. The van der Waals surface area contributed by atoms with Crippen molar-refractivity contribution in [3.05, 3.63) is 22.2 Å². The molecule has 0 aromatic heterocycles. The van der Waals surface area contributed by atoms with E-state index in [9.17, 15) is 19.5 Å². The number of thioether (sulfide) groups is 2. The smallest absolute Gasteiger partial charge is 0.353 e. The van der Waals surface area contributed by atoms with Gasteiger partial charge < -0.3 is 15.3 Å². The summed E-state index contributed by atoms with van der Waals surface area (Å²) in [4.78, 5) is 36.6. The van der Waals surface area contributed by atoms with Crippen LogP contribution >= 0.6 is 23.5 Å². The zero-order valence-corrected chi connectivity index (χ0v) is 14.2. The first-order valence-electron chi connectivity index (χ1n) is 6.79. The Morgan fingerprint density at radius 1 is 1.50 bits per heavy atom. The van der Waals surface area contributed by atoms with Crippen LogP contribution in [0.3, 0.4) is 0 Å². The molecule has 6 nitrogen and oxygen atoms in total. The molecule has 3 atom stereocenters. The minimum Gasteiger partial charge on any atom is -0.477 e. The number of nitrogens with one attached hydrogen (secondary N) is 1. The van der Waals surface area contributed by atoms with Crippen molar-refractivity contribution in [2.24, 2.45) is 5.92 Å². The molecule has 0 aromatic rings. The predicted molar refractivity (Wildman–Crippen MR) is 86.9 cm³/mol. The molecule has 2 heterocycles. The molecule has 1 unspecified atom stereocenters. The summed E-state index contributed by atoms with van der Waals surface area (Å²) in [5.74, 6) is -1.50. The highest BCUT2D eigenvalue weighted by Crippen LogP contribution is 2.48. The first-order valence-corrected chi connectivity index (χ1v) is 8.96. The van der Waals surface area contributed by atoms with Crippen molar-refractivity contribution in [3.8, 4) is 0 Å². The average molecular weight is 342 g/mol. The van der Waals surface area contributed by atoms with E-state index in [-0.39, 0.29) is 34.7 Å². The van der Waals surface area contributed by atoms with E-state index in [1.54, 1.807) is 17.2 Å². The van der Waals surface area contributed by atoms with E-state index in [0.717, 1.165) is 0 Å². The molecule has 0 aliphatic carbocycles. The molecule has 1 fully saturated rings. The summed E-state index contributed by atoms with van der Waals surface area (Å²) in [6, 6.07) is -0.0577. The fraction of sp³-hybridized carbons (Fsp3) is 0.500. The van der Waals surface area contributed by atoms with Crippen LogP contribution in [0, 0.1) is 5.92 Å². The second-order valence-electron chi connectivity index (χ2n) is 5.14. The summed E-state index contributed by atoms with van der Waals surface area (Å²) >= 11 is 2.85. The third-order valence-corrected chi connectivity index (χ3v) is 5.77. The van der Waals surface area contributed by atoms with Crippen LogP contribution in [0.4, 0.5) is 0 Å². The fourth-order valence-electron chi connectivity index (χ4n) is 2.74. The maximum atomic E-state index is 12.3. The number of fused-ring (bicyclic) bond motifs is 1. The lowest BCUT2D eigenvalue weighted by molar-refractivity contribution is -0.154. The van der Waals surface area contributed by atoms with Crippen molar-refractivity contribution < 1.29 is 19.5 Å². The molecule has 2 rings (SSSR count). The van der Waals surface area contributed by atoms with Crippen molar-refractivity contribution in [3.63, 3.8) is 0 Å².